The fraction of sp³-hybridized carbons (Fsp3) is 0.350. The molecule has 2 aromatic heterocycles. The number of amides is 1. The van der Waals surface area contributed by atoms with Gasteiger partial charge in [-0.3, -0.25) is 14.2 Å². The normalized spacial score (nSPS) is 12.3. The molecule has 2 heterocycles. The molecule has 0 fully saturated rings. The first-order valence-corrected chi connectivity index (χ1v) is 10.8. The fourth-order valence-electron chi connectivity index (χ4n) is 2.63. The molecule has 1 aromatic carbocycles. The van der Waals surface area contributed by atoms with E-state index in [0.29, 0.717) is 15.4 Å². The van der Waals surface area contributed by atoms with Crippen LogP contribution in [0.1, 0.15) is 31.4 Å². The zero-order valence-corrected chi connectivity index (χ0v) is 17.5. The van der Waals surface area contributed by atoms with Gasteiger partial charge in [0, 0.05) is 6.04 Å². The van der Waals surface area contributed by atoms with E-state index in [4.69, 9.17) is 0 Å². The molecule has 0 bridgehead atoms. The third-order valence-corrected chi connectivity index (χ3v) is 6.38. The highest BCUT2D eigenvalue weighted by Crippen LogP contribution is 2.24. The van der Waals surface area contributed by atoms with E-state index >= 15 is 0 Å². The number of carbonyl (C=O) groups excluding carboxylic acids is 1. The minimum absolute atomic E-state index is 0.0550. The van der Waals surface area contributed by atoms with Crippen LogP contribution >= 0.6 is 23.1 Å². The number of nitrogens with one attached hydrogen (secondary N) is 1. The molecule has 1 atom stereocenters. The Kier molecular flexibility index (Phi) is 6.01. The summed E-state index contributed by atoms with van der Waals surface area (Å²) in [5.41, 5.74) is 3.63. The van der Waals surface area contributed by atoms with Gasteiger partial charge in [-0.05, 0) is 61.9 Å². The third kappa shape index (κ3) is 4.25. The second-order valence-corrected chi connectivity index (χ2v) is 8.46. The smallest absolute Gasteiger partial charge is 0.276 e. The van der Waals surface area contributed by atoms with Gasteiger partial charge in [-0.15, -0.1) is 11.3 Å². The van der Waals surface area contributed by atoms with Gasteiger partial charge in [0.05, 0.1) is 17.0 Å². The zero-order valence-electron chi connectivity index (χ0n) is 15.9. The maximum Gasteiger partial charge on any atom is 0.276 e. The van der Waals surface area contributed by atoms with E-state index in [1.807, 2.05) is 57.3 Å². The number of benzene rings is 1. The van der Waals surface area contributed by atoms with Crippen LogP contribution in [0.5, 0.6) is 0 Å². The molecule has 0 aliphatic heterocycles. The summed E-state index contributed by atoms with van der Waals surface area (Å²) in [6.07, 6.45) is 0.878. The number of thioether (sulfide) groups is 1. The van der Waals surface area contributed by atoms with Crippen molar-refractivity contribution in [3.63, 3.8) is 0 Å². The van der Waals surface area contributed by atoms with Crippen molar-refractivity contribution in [3.8, 4) is 5.69 Å². The lowest BCUT2D eigenvalue weighted by Crippen LogP contribution is -2.33. The van der Waals surface area contributed by atoms with Crippen LogP contribution in [0.2, 0.25) is 0 Å². The Morgan fingerprint density at radius 3 is 2.78 bits per heavy atom. The average molecular weight is 402 g/mol. The van der Waals surface area contributed by atoms with Crippen molar-refractivity contribution >= 4 is 39.2 Å². The molecule has 0 spiro atoms. The number of rotatable bonds is 6. The molecule has 5 nitrogen and oxygen atoms in total. The second-order valence-electron chi connectivity index (χ2n) is 6.60. The number of aryl methyl sites for hydroxylation is 2. The van der Waals surface area contributed by atoms with Crippen LogP contribution in [0.15, 0.2) is 39.6 Å². The Morgan fingerprint density at radius 1 is 1.30 bits per heavy atom. The number of nitrogens with zero attached hydrogens (tertiary/aromatic N) is 2. The largest absolute Gasteiger partial charge is 0.353 e. The van der Waals surface area contributed by atoms with Crippen LogP contribution in [-0.2, 0) is 4.79 Å². The van der Waals surface area contributed by atoms with Gasteiger partial charge < -0.3 is 5.32 Å². The summed E-state index contributed by atoms with van der Waals surface area (Å²) in [4.78, 5) is 29.9. The van der Waals surface area contributed by atoms with E-state index in [0.717, 1.165) is 17.7 Å². The fourth-order valence-corrected chi connectivity index (χ4v) is 4.21. The van der Waals surface area contributed by atoms with Crippen LogP contribution in [0.25, 0.3) is 15.9 Å². The summed E-state index contributed by atoms with van der Waals surface area (Å²) >= 11 is 2.68. The highest BCUT2D eigenvalue weighted by Gasteiger charge is 2.16. The van der Waals surface area contributed by atoms with Crippen LogP contribution in [0.3, 0.4) is 0 Å². The highest BCUT2D eigenvalue weighted by atomic mass is 32.2. The SMILES string of the molecule is CC[C@H](C)NC(=O)CSc1nc2ccsc2c(=O)n1-c1ccc(C)c(C)c1. The monoisotopic (exact) mass is 401 g/mol. The van der Waals surface area contributed by atoms with Crippen molar-refractivity contribution in [2.24, 2.45) is 0 Å². The van der Waals surface area contributed by atoms with E-state index < -0.39 is 0 Å². The minimum atomic E-state index is -0.0944. The first-order chi connectivity index (χ1) is 12.9. The molecule has 3 aromatic rings. The Morgan fingerprint density at radius 2 is 2.07 bits per heavy atom. The molecule has 0 aliphatic carbocycles. The van der Waals surface area contributed by atoms with E-state index in [1.165, 1.54) is 28.7 Å². The summed E-state index contributed by atoms with van der Waals surface area (Å²) < 4.78 is 2.24. The number of thiophene rings is 1. The number of aromatic nitrogens is 2. The van der Waals surface area contributed by atoms with Crippen LogP contribution in [0.4, 0.5) is 0 Å². The molecule has 3 rings (SSSR count). The maximum atomic E-state index is 13.1. The average Bonchev–Trinajstić information content (AvgIpc) is 3.11. The van der Waals surface area contributed by atoms with Crippen molar-refractivity contribution in [1.82, 2.24) is 14.9 Å². The van der Waals surface area contributed by atoms with Crippen LogP contribution in [-0.4, -0.2) is 27.3 Å². The molecule has 7 heteroatoms. The van der Waals surface area contributed by atoms with Crippen molar-refractivity contribution in [2.45, 2.75) is 45.3 Å². The molecule has 0 saturated carbocycles. The quantitative estimate of drug-likeness (QED) is 0.499. The lowest BCUT2D eigenvalue weighted by Gasteiger charge is -2.14. The molecule has 0 aliphatic rings. The van der Waals surface area contributed by atoms with Gasteiger partial charge in [0.1, 0.15) is 4.70 Å². The van der Waals surface area contributed by atoms with Gasteiger partial charge in [-0.25, -0.2) is 4.98 Å². The summed E-state index contributed by atoms with van der Waals surface area (Å²) in [6, 6.07) is 7.89. The van der Waals surface area contributed by atoms with Gasteiger partial charge >= 0.3 is 0 Å². The topological polar surface area (TPSA) is 64.0 Å². The van der Waals surface area contributed by atoms with Gasteiger partial charge in [0.2, 0.25) is 5.91 Å². The summed E-state index contributed by atoms with van der Waals surface area (Å²) in [6.45, 7) is 8.07. The molecule has 142 valence electrons. The van der Waals surface area contributed by atoms with Crippen LogP contribution < -0.4 is 10.9 Å². The number of hydrogen-bond acceptors (Lipinski definition) is 5. The predicted octanol–water partition coefficient (Wildman–Crippen LogP) is 4.07. The Bertz CT molecular complexity index is 1040. The second kappa shape index (κ2) is 8.27. The first-order valence-electron chi connectivity index (χ1n) is 8.90. The molecule has 1 amide bonds. The van der Waals surface area contributed by atoms with E-state index in [-0.39, 0.29) is 23.3 Å². The molecule has 0 unspecified atom stereocenters. The predicted molar refractivity (Wildman–Crippen MR) is 113 cm³/mol. The molecule has 27 heavy (non-hydrogen) atoms. The zero-order chi connectivity index (χ0) is 19.6. The molecular weight excluding hydrogens is 378 g/mol. The maximum absolute atomic E-state index is 13.1. The van der Waals surface area contributed by atoms with Crippen molar-refractivity contribution in [3.05, 3.63) is 51.1 Å². The van der Waals surface area contributed by atoms with Crippen molar-refractivity contribution in [2.75, 3.05) is 5.75 Å². The molecule has 0 radical (unpaired) electrons. The lowest BCUT2D eigenvalue weighted by atomic mass is 10.1. The summed E-state index contributed by atoms with van der Waals surface area (Å²) in [5, 5.41) is 5.35. The number of fused-ring (bicyclic) bond motifs is 1. The molecule has 0 saturated heterocycles. The Balaban J connectivity index is 2.01. The molecule has 1 N–H and O–H groups in total. The highest BCUT2D eigenvalue weighted by molar-refractivity contribution is 7.99. The number of carbonyl (C=O) groups is 1. The van der Waals surface area contributed by atoms with Crippen LogP contribution in [0, 0.1) is 13.8 Å². The van der Waals surface area contributed by atoms with Gasteiger partial charge in [-0.2, -0.15) is 0 Å². The Labute approximate surface area is 166 Å². The standard InChI is InChI=1S/C20H23N3O2S2/c1-5-14(4)21-17(24)11-27-20-22-16-8-9-26-18(16)19(25)23(20)15-7-6-12(2)13(3)10-15/h6-10,14H,5,11H2,1-4H3,(H,21,24)/t14-/m0/s1. The van der Waals surface area contributed by atoms with Crippen molar-refractivity contribution < 1.29 is 4.79 Å². The minimum Gasteiger partial charge on any atom is -0.353 e. The summed E-state index contributed by atoms with van der Waals surface area (Å²) in [7, 11) is 0. The van der Waals surface area contributed by atoms with Gasteiger partial charge in [-0.1, -0.05) is 24.8 Å². The van der Waals surface area contributed by atoms with E-state index in [2.05, 4.69) is 10.3 Å². The van der Waals surface area contributed by atoms with Gasteiger partial charge in [0.15, 0.2) is 5.16 Å². The van der Waals surface area contributed by atoms with Gasteiger partial charge in [0.25, 0.3) is 5.56 Å². The number of hydrogen-bond donors (Lipinski definition) is 1. The first kappa shape index (κ1) is 19.6. The van der Waals surface area contributed by atoms with E-state index in [9.17, 15) is 9.59 Å². The van der Waals surface area contributed by atoms with Crippen molar-refractivity contribution in [1.29, 1.82) is 0 Å². The molecular formula is C20H23N3O2S2. The van der Waals surface area contributed by atoms with E-state index in [1.54, 1.807) is 4.57 Å². The summed E-state index contributed by atoms with van der Waals surface area (Å²) in [5.74, 6) is 0.165. The lowest BCUT2D eigenvalue weighted by molar-refractivity contribution is -0.119. The Hall–Kier alpha value is -2.12. The third-order valence-electron chi connectivity index (χ3n) is 4.55.